The molecule has 0 bridgehead atoms. The first-order chi connectivity index (χ1) is 5.24. The zero-order valence-corrected chi connectivity index (χ0v) is 6.86. The van der Waals surface area contributed by atoms with Gasteiger partial charge < -0.3 is 14.9 Å². The first kappa shape index (κ1) is 11.0. The van der Waals surface area contributed by atoms with Gasteiger partial charge in [-0.25, -0.2) is 0 Å². The molecule has 1 rings (SSSR count). The number of aliphatic hydroxyl groups is 2. The van der Waals surface area contributed by atoms with Gasteiger partial charge >= 0.3 is 0 Å². The predicted octanol–water partition coefficient (Wildman–Crippen LogP) is -1.78. The molecule has 0 aromatic rings. The molecule has 62 valence electrons. The molecule has 2 radical (unpaired) electrons. The van der Waals surface area contributed by atoms with Crippen molar-refractivity contribution in [1.29, 1.82) is 0 Å². The fourth-order valence-electron chi connectivity index (χ4n) is 1.10. The summed E-state index contributed by atoms with van der Waals surface area (Å²) in [5.74, 6) is 0. The molecule has 5 heteroatoms. The van der Waals surface area contributed by atoms with Gasteiger partial charge in [-0.3, -0.25) is 0 Å². The zero-order valence-electron chi connectivity index (χ0n) is 6.86. The van der Waals surface area contributed by atoms with Crippen molar-refractivity contribution in [3.05, 3.63) is 0 Å². The molecular formula is C6H14B2O3. The highest BCUT2D eigenvalue weighted by molar-refractivity contribution is 6.75. The van der Waals surface area contributed by atoms with Crippen LogP contribution in [-0.2, 0) is 4.74 Å². The van der Waals surface area contributed by atoms with Gasteiger partial charge in [0.05, 0.1) is 18.8 Å². The maximum Gasteiger partial charge on any atom is 0.107 e. The highest BCUT2D eigenvalue weighted by atomic mass is 16.5. The molecule has 1 heterocycles. The molecule has 1 aliphatic heterocycles. The second kappa shape index (κ2) is 5.63. The molecule has 11 heavy (non-hydrogen) atoms. The topological polar surface area (TPSA) is 49.7 Å². The molecule has 1 saturated heterocycles. The van der Waals surface area contributed by atoms with Gasteiger partial charge in [0.15, 0.2) is 0 Å². The van der Waals surface area contributed by atoms with Gasteiger partial charge in [0.1, 0.15) is 6.10 Å². The summed E-state index contributed by atoms with van der Waals surface area (Å²) in [6.45, 7) is 1.81. The van der Waals surface area contributed by atoms with E-state index in [9.17, 15) is 0 Å². The predicted molar refractivity (Wildman–Crippen MR) is 46.3 cm³/mol. The summed E-state index contributed by atoms with van der Waals surface area (Å²) in [5, 5.41) is 17.6. The van der Waals surface area contributed by atoms with E-state index in [1.165, 1.54) is 0 Å². The van der Waals surface area contributed by atoms with Crippen molar-refractivity contribution in [1.82, 2.24) is 0 Å². The largest absolute Gasteiger partial charge is 0.394 e. The lowest BCUT2D eigenvalue weighted by atomic mass is 9.81. The van der Waals surface area contributed by atoms with Gasteiger partial charge in [-0.15, -0.1) is 0 Å². The molecule has 0 saturated carbocycles. The standard InChI is InChI=1S/C6H12O3.B2H2/c1-4-2-5(8)6(3-7)9-4;1-2/h4-8H,2-3H2,1H3;1-2H/t4-,5?,6+;/m0./s1. The molecule has 0 aromatic carbocycles. The van der Waals surface area contributed by atoms with Crippen LogP contribution in [-0.4, -0.2) is 50.6 Å². The molecule has 0 amide bonds. The SMILES string of the molecule is C[C@H]1CC(O)[C@@H](CO)O1.[BH][BH]. The minimum atomic E-state index is -0.468. The summed E-state index contributed by atoms with van der Waals surface area (Å²) in [4.78, 5) is 0. The van der Waals surface area contributed by atoms with E-state index in [-0.39, 0.29) is 18.8 Å². The Hall–Kier alpha value is 0.00987. The van der Waals surface area contributed by atoms with E-state index in [0.717, 1.165) is 0 Å². The van der Waals surface area contributed by atoms with Gasteiger partial charge in [0.25, 0.3) is 0 Å². The van der Waals surface area contributed by atoms with Crippen molar-refractivity contribution in [2.24, 2.45) is 0 Å². The van der Waals surface area contributed by atoms with Gasteiger partial charge in [-0.2, -0.15) is 0 Å². The summed E-state index contributed by atoms with van der Waals surface area (Å²) in [5.41, 5.74) is 0. The molecule has 0 aliphatic carbocycles. The Morgan fingerprint density at radius 1 is 1.55 bits per heavy atom. The highest BCUT2D eigenvalue weighted by Crippen LogP contribution is 2.18. The Morgan fingerprint density at radius 2 is 2.09 bits per heavy atom. The maximum absolute atomic E-state index is 9.07. The Balaban J connectivity index is 0.000000461. The third-order valence-electron chi connectivity index (χ3n) is 1.59. The summed E-state index contributed by atoms with van der Waals surface area (Å²) in [7, 11) is 6.00. The molecule has 1 aliphatic rings. The molecule has 0 spiro atoms. The molecule has 2 N–H and O–H groups in total. The Labute approximate surface area is 69.6 Å². The van der Waals surface area contributed by atoms with Crippen LogP contribution in [0.25, 0.3) is 0 Å². The highest BCUT2D eigenvalue weighted by Gasteiger charge is 2.30. The minimum absolute atomic E-state index is 0.0779. The third-order valence-corrected chi connectivity index (χ3v) is 1.59. The molecule has 1 unspecified atom stereocenters. The first-order valence-electron chi connectivity index (χ1n) is 3.68. The van der Waals surface area contributed by atoms with Crippen LogP contribution in [0.15, 0.2) is 0 Å². The molecule has 3 nitrogen and oxygen atoms in total. The summed E-state index contributed by atoms with van der Waals surface area (Å²) in [6.07, 6.45) is -0.0762. The minimum Gasteiger partial charge on any atom is -0.394 e. The van der Waals surface area contributed by atoms with Crippen LogP contribution < -0.4 is 0 Å². The van der Waals surface area contributed by atoms with Gasteiger partial charge in [-0.1, -0.05) is 0 Å². The summed E-state index contributed by atoms with van der Waals surface area (Å²) >= 11 is 0. The van der Waals surface area contributed by atoms with Crippen LogP contribution in [0.4, 0.5) is 0 Å². The van der Waals surface area contributed by atoms with Gasteiger partial charge in [0.2, 0.25) is 0 Å². The van der Waals surface area contributed by atoms with Crippen molar-refractivity contribution < 1.29 is 14.9 Å². The van der Waals surface area contributed by atoms with Gasteiger partial charge in [0, 0.05) is 21.9 Å². The Morgan fingerprint density at radius 3 is 2.27 bits per heavy atom. The maximum atomic E-state index is 9.07. The number of hydrogen-bond donors (Lipinski definition) is 2. The van der Waals surface area contributed by atoms with Crippen LogP contribution in [0.5, 0.6) is 0 Å². The van der Waals surface area contributed by atoms with Crippen molar-refractivity contribution in [2.75, 3.05) is 6.61 Å². The monoisotopic (exact) mass is 156 g/mol. The summed E-state index contributed by atoms with van der Waals surface area (Å²) in [6, 6.07) is 0. The number of rotatable bonds is 1. The van der Waals surface area contributed by atoms with E-state index < -0.39 is 6.10 Å². The van der Waals surface area contributed by atoms with E-state index in [1.54, 1.807) is 0 Å². The molecule has 1 fully saturated rings. The van der Waals surface area contributed by atoms with Crippen molar-refractivity contribution in [3.8, 4) is 0 Å². The van der Waals surface area contributed by atoms with E-state index in [0.29, 0.717) is 6.42 Å². The second-order valence-electron chi connectivity index (χ2n) is 2.47. The fourth-order valence-corrected chi connectivity index (χ4v) is 1.10. The van der Waals surface area contributed by atoms with Crippen molar-refractivity contribution >= 4 is 15.5 Å². The second-order valence-corrected chi connectivity index (χ2v) is 2.47. The van der Waals surface area contributed by atoms with Crippen molar-refractivity contribution in [3.63, 3.8) is 0 Å². The zero-order chi connectivity index (χ0) is 8.85. The number of ether oxygens (including phenoxy) is 1. The molecular weight excluding hydrogens is 142 g/mol. The van der Waals surface area contributed by atoms with Crippen LogP contribution in [0.3, 0.4) is 0 Å². The lowest BCUT2D eigenvalue weighted by Crippen LogP contribution is -2.24. The van der Waals surface area contributed by atoms with Crippen LogP contribution in [0.2, 0.25) is 0 Å². The van der Waals surface area contributed by atoms with Crippen LogP contribution in [0.1, 0.15) is 13.3 Å². The van der Waals surface area contributed by atoms with E-state index >= 15 is 0 Å². The molecule has 3 atom stereocenters. The third kappa shape index (κ3) is 3.27. The van der Waals surface area contributed by atoms with E-state index in [4.69, 9.17) is 14.9 Å². The lowest BCUT2D eigenvalue weighted by molar-refractivity contribution is -0.0170. The Bertz CT molecular complexity index is 102. The number of hydrogen-bond acceptors (Lipinski definition) is 3. The smallest absolute Gasteiger partial charge is 0.107 e. The first-order valence-corrected chi connectivity index (χ1v) is 3.68. The average Bonchev–Trinajstić information content (AvgIpc) is 2.33. The van der Waals surface area contributed by atoms with Crippen molar-refractivity contribution in [2.45, 2.75) is 31.7 Å². The van der Waals surface area contributed by atoms with Crippen LogP contribution in [0, 0.1) is 0 Å². The quantitative estimate of drug-likeness (QED) is 0.441. The van der Waals surface area contributed by atoms with Gasteiger partial charge in [-0.05, 0) is 6.92 Å². The number of aliphatic hydroxyl groups excluding tert-OH is 2. The van der Waals surface area contributed by atoms with E-state index in [2.05, 4.69) is 15.5 Å². The normalized spacial score (nSPS) is 36.1. The fraction of sp³-hybridized carbons (Fsp3) is 1.00. The Kier molecular flexibility index (Phi) is 5.64. The average molecular weight is 156 g/mol. The lowest BCUT2D eigenvalue weighted by Gasteiger charge is -2.08. The van der Waals surface area contributed by atoms with Crippen LogP contribution >= 0.6 is 0 Å². The van der Waals surface area contributed by atoms with E-state index in [1.807, 2.05) is 6.92 Å². The molecule has 0 aromatic heterocycles. The summed E-state index contributed by atoms with van der Waals surface area (Å²) < 4.78 is 5.12.